The smallest absolute Gasteiger partial charge is 0.497 e. The van der Waals surface area contributed by atoms with Crippen molar-refractivity contribution in [3.8, 4) is 23.0 Å². The Morgan fingerprint density at radius 2 is 0.903 bits per heavy atom. The van der Waals surface area contributed by atoms with Crippen molar-refractivity contribution in [1.82, 2.24) is 10.6 Å². The molecule has 0 aliphatic carbocycles. The maximum absolute atomic E-state index is 12.4. The molecule has 0 aliphatic rings. The zero-order valence-corrected chi connectivity index (χ0v) is 37.5. The van der Waals surface area contributed by atoms with Gasteiger partial charge in [0, 0.05) is 28.4 Å². The number of hydrogen-bond acceptors (Lipinski definition) is 9. The fraction of sp³-hybridized carbons (Fsp3) is 0.385. The Labute approximate surface area is 369 Å². The van der Waals surface area contributed by atoms with Crippen LogP contribution in [0.2, 0.25) is 0 Å². The molecular weight excluding hydrogens is 796 g/mol. The molecule has 2 N–H and O–H groups in total. The Kier molecular flexibility index (Phi) is 19.8. The van der Waals surface area contributed by atoms with E-state index in [-0.39, 0.29) is 0 Å². The highest BCUT2D eigenvalue weighted by Gasteiger charge is 2.19. The van der Waals surface area contributed by atoms with Crippen LogP contribution < -0.4 is 29.6 Å². The van der Waals surface area contributed by atoms with Gasteiger partial charge in [0.25, 0.3) is 0 Å². The second-order valence-electron chi connectivity index (χ2n) is 15.5. The van der Waals surface area contributed by atoms with Crippen LogP contribution in [0.3, 0.4) is 0 Å². The molecule has 0 amide bonds. The van der Waals surface area contributed by atoms with Crippen molar-refractivity contribution in [3.63, 3.8) is 0 Å². The van der Waals surface area contributed by atoms with Gasteiger partial charge >= 0.3 is 8.25 Å². The number of aryl methyl sites for hydroxylation is 2. The molecule has 0 saturated carbocycles. The number of nitrogens with one attached hydrogen (secondary N) is 2. The van der Waals surface area contributed by atoms with Gasteiger partial charge in [0.2, 0.25) is 0 Å². The lowest BCUT2D eigenvalue weighted by atomic mass is 10.0. The van der Waals surface area contributed by atoms with Crippen LogP contribution in [0.1, 0.15) is 73.6 Å². The van der Waals surface area contributed by atoms with E-state index in [1.165, 1.54) is 33.0 Å². The zero-order chi connectivity index (χ0) is 43.0. The van der Waals surface area contributed by atoms with Gasteiger partial charge in [0.05, 0.1) is 27.4 Å². The third-order valence-electron chi connectivity index (χ3n) is 11.0. The van der Waals surface area contributed by atoms with Crippen molar-refractivity contribution in [3.05, 3.63) is 144 Å². The third-order valence-corrected chi connectivity index (χ3v) is 11.8. The van der Waals surface area contributed by atoms with Crippen molar-refractivity contribution < 1.29 is 32.6 Å². The number of hydrogen-bond donors (Lipinski definition) is 2. The molecule has 0 bridgehead atoms. The van der Waals surface area contributed by atoms with E-state index in [4.69, 9.17) is 28.0 Å². The summed E-state index contributed by atoms with van der Waals surface area (Å²) in [5.41, 5.74) is 5.05. The molecule has 62 heavy (non-hydrogen) atoms. The lowest BCUT2D eigenvalue weighted by Gasteiger charge is -2.13. The van der Waals surface area contributed by atoms with E-state index in [9.17, 15) is 4.57 Å². The summed E-state index contributed by atoms with van der Waals surface area (Å²) in [5, 5.41) is 11.6. The molecule has 328 valence electrons. The predicted octanol–water partition coefficient (Wildman–Crippen LogP) is 11.9. The molecular formula is C52H64N2O7P+. The van der Waals surface area contributed by atoms with Crippen LogP contribution in [0.15, 0.2) is 121 Å². The Balaban J connectivity index is 0.798. The van der Waals surface area contributed by atoms with Crippen molar-refractivity contribution in [1.29, 1.82) is 0 Å². The average molecular weight is 860 g/mol. The quantitative estimate of drug-likeness (QED) is 0.0339. The summed E-state index contributed by atoms with van der Waals surface area (Å²) >= 11 is 0. The Bertz CT molecular complexity index is 2110. The maximum Gasteiger partial charge on any atom is 0.697 e. The van der Waals surface area contributed by atoms with Crippen LogP contribution in [-0.4, -0.2) is 53.7 Å². The SMILES string of the molecule is COc1cccc(CCCCCOc2ccc(CNCCCO[P+](=O)OCCCNCc3ccc(OCCCCCc4cccc(OC)c4)c4ccccc34)c3ccccc23)c1. The molecule has 0 saturated heterocycles. The molecule has 0 radical (unpaired) electrons. The highest BCUT2D eigenvalue weighted by molar-refractivity contribution is 7.33. The van der Waals surface area contributed by atoms with Gasteiger partial charge in [-0.15, -0.1) is 9.05 Å². The molecule has 0 aromatic heterocycles. The van der Waals surface area contributed by atoms with Crippen LogP contribution in [0, 0.1) is 0 Å². The zero-order valence-electron chi connectivity index (χ0n) is 36.6. The van der Waals surface area contributed by atoms with E-state index in [0.29, 0.717) is 26.4 Å². The first-order valence-electron chi connectivity index (χ1n) is 22.3. The van der Waals surface area contributed by atoms with Gasteiger partial charge in [-0.25, -0.2) is 0 Å². The van der Waals surface area contributed by atoms with Gasteiger partial charge in [-0.2, -0.15) is 0 Å². The summed E-state index contributed by atoms with van der Waals surface area (Å²) in [7, 11) is 1.27. The van der Waals surface area contributed by atoms with E-state index < -0.39 is 8.25 Å². The standard InChI is InChI=1S/C52H64N2O7P/c1-56-45-21-13-19-41(37-45)17-5-3-11-33-58-51-29-27-43(47-23-7-9-25-49(47)51)39-53-31-15-35-60-62(55)61-36-16-32-54-40-44-28-30-52(50-26-10-8-24-48(44)50)59-34-12-4-6-18-42-20-14-22-46(38-42)57-2/h7-10,13-14,19-30,37-38,53-54H,3-6,11-12,15-18,31-36,39-40H2,1-2H3/q+1. The lowest BCUT2D eigenvalue weighted by Crippen LogP contribution is -2.16. The van der Waals surface area contributed by atoms with Crippen molar-refractivity contribution in [2.45, 2.75) is 77.3 Å². The molecule has 6 aromatic rings. The molecule has 0 heterocycles. The Morgan fingerprint density at radius 1 is 0.452 bits per heavy atom. The summed E-state index contributed by atoms with van der Waals surface area (Å²) in [4.78, 5) is 0. The Morgan fingerprint density at radius 3 is 1.35 bits per heavy atom. The molecule has 0 aliphatic heterocycles. The van der Waals surface area contributed by atoms with Gasteiger partial charge in [-0.05, 0) is 147 Å². The topological polar surface area (TPSA) is 96.5 Å². The normalized spacial score (nSPS) is 11.3. The second-order valence-corrected chi connectivity index (χ2v) is 16.5. The maximum atomic E-state index is 12.4. The lowest BCUT2D eigenvalue weighted by molar-refractivity contribution is 0.220. The number of methoxy groups -OCH3 is 2. The van der Waals surface area contributed by atoms with Crippen molar-refractivity contribution in [2.75, 3.05) is 53.7 Å². The fourth-order valence-corrected chi connectivity index (χ4v) is 8.25. The first-order chi connectivity index (χ1) is 30.6. The highest BCUT2D eigenvalue weighted by atomic mass is 31.1. The predicted molar refractivity (Wildman–Crippen MR) is 252 cm³/mol. The number of benzene rings is 6. The van der Waals surface area contributed by atoms with E-state index in [1.807, 2.05) is 24.3 Å². The van der Waals surface area contributed by atoms with Gasteiger partial charge < -0.3 is 29.6 Å². The summed E-state index contributed by atoms with van der Waals surface area (Å²) < 4.78 is 46.5. The Hall–Kier alpha value is -5.02. The van der Waals surface area contributed by atoms with E-state index in [1.54, 1.807) is 14.2 Å². The fourth-order valence-electron chi connectivity index (χ4n) is 7.62. The van der Waals surface area contributed by atoms with Gasteiger partial charge in [-0.3, -0.25) is 0 Å². The van der Waals surface area contributed by atoms with Crippen LogP contribution in [0.4, 0.5) is 0 Å². The van der Waals surface area contributed by atoms with Crippen LogP contribution in [-0.2, 0) is 39.5 Å². The van der Waals surface area contributed by atoms with E-state index >= 15 is 0 Å². The number of rotatable bonds is 30. The van der Waals surface area contributed by atoms with E-state index in [0.717, 1.165) is 124 Å². The molecule has 10 heteroatoms. The largest absolute Gasteiger partial charge is 0.697 e. The number of fused-ring (bicyclic) bond motifs is 2. The molecule has 9 nitrogen and oxygen atoms in total. The van der Waals surface area contributed by atoms with E-state index in [2.05, 4.69) is 108 Å². The van der Waals surface area contributed by atoms with Crippen molar-refractivity contribution >= 4 is 29.8 Å². The van der Waals surface area contributed by atoms with Crippen LogP contribution in [0.25, 0.3) is 21.5 Å². The third kappa shape index (κ3) is 15.1. The molecule has 6 aromatic carbocycles. The number of ether oxygens (including phenoxy) is 4. The molecule has 0 unspecified atom stereocenters. The van der Waals surface area contributed by atoms with Crippen LogP contribution >= 0.6 is 8.25 Å². The first-order valence-corrected chi connectivity index (χ1v) is 23.4. The first kappa shape index (κ1) is 46.5. The number of unbranched alkanes of at least 4 members (excludes halogenated alkanes) is 4. The minimum absolute atomic E-state index is 0.366. The van der Waals surface area contributed by atoms with Gasteiger partial charge in [0.15, 0.2) is 0 Å². The van der Waals surface area contributed by atoms with Gasteiger partial charge in [-0.1, -0.05) is 84.9 Å². The van der Waals surface area contributed by atoms with Crippen molar-refractivity contribution in [2.24, 2.45) is 0 Å². The minimum Gasteiger partial charge on any atom is -0.497 e. The minimum atomic E-state index is -2.15. The molecule has 0 atom stereocenters. The summed E-state index contributed by atoms with van der Waals surface area (Å²) in [5.74, 6) is 3.67. The average Bonchev–Trinajstić information content (AvgIpc) is 3.31. The molecule has 0 fully saturated rings. The van der Waals surface area contributed by atoms with Crippen LogP contribution in [0.5, 0.6) is 23.0 Å². The molecule has 6 rings (SSSR count). The summed E-state index contributed by atoms with van der Waals surface area (Å²) in [6.07, 6.45) is 10.0. The molecule has 0 spiro atoms. The summed E-state index contributed by atoms with van der Waals surface area (Å²) in [6, 6.07) is 41.9. The summed E-state index contributed by atoms with van der Waals surface area (Å²) in [6.45, 7) is 5.05. The second kappa shape index (κ2) is 26.5. The highest BCUT2D eigenvalue weighted by Crippen LogP contribution is 2.31. The monoisotopic (exact) mass is 859 g/mol. The van der Waals surface area contributed by atoms with Gasteiger partial charge in [0.1, 0.15) is 36.2 Å².